The third-order valence-electron chi connectivity index (χ3n) is 4.74. The third kappa shape index (κ3) is 3.37. The Kier molecular flexibility index (Phi) is 4.87. The van der Waals surface area contributed by atoms with Crippen LogP contribution in [0.2, 0.25) is 0 Å². The highest BCUT2D eigenvalue weighted by molar-refractivity contribution is 7.91. The first-order valence-corrected chi connectivity index (χ1v) is 10.4. The number of primary sulfonamides is 1. The van der Waals surface area contributed by atoms with Gasteiger partial charge >= 0.3 is 5.97 Å². The Morgan fingerprint density at radius 1 is 1.15 bits per heavy atom. The van der Waals surface area contributed by atoms with E-state index in [9.17, 15) is 23.1 Å². The molecule has 138 valence electrons. The zero-order valence-electron chi connectivity index (χ0n) is 13.8. The van der Waals surface area contributed by atoms with Crippen LogP contribution in [0.5, 0.6) is 0 Å². The molecule has 1 aromatic heterocycles. The summed E-state index contributed by atoms with van der Waals surface area (Å²) in [5.41, 5.74) is -0.0356. The highest BCUT2D eigenvalue weighted by Crippen LogP contribution is 2.36. The number of carbonyl (C=O) groups excluding carboxylic acids is 1. The lowest BCUT2D eigenvalue weighted by atomic mass is 9.73. The van der Waals surface area contributed by atoms with Crippen LogP contribution in [-0.4, -0.2) is 43.4 Å². The smallest absolute Gasteiger partial charge is 0.314 e. The molecule has 1 saturated heterocycles. The maximum Gasteiger partial charge on any atom is 0.314 e. The van der Waals surface area contributed by atoms with E-state index in [1.807, 2.05) is 6.07 Å². The van der Waals surface area contributed by atoms with Crippen LogP contribution in [-0.2, 0) is 20.2 Å². The zero-order chi connectivity index (χ0) is 18.9. The number of aliphatic carboxylic acids is 1. The number of sulfonamides is 1. The van der Waals surface area contributed by atoms with Gasteiger partial charge in [-0.05, 0) is 24.5 Å². The maximum atomic E-state index is 12.6. The summed E-state index contributed by atoms with van der Waals surface area (Å²) in [5.74, 6) is -1.22. The van der Waals surface area contributed by atoms with Gasteiger partial charge in [0.1, 0.15) is 4.21 Å². The average Bonchev–Trinajstić information content (AvgIpc) is 3.12. The number of nitrogens with zero attached hydrogens (tertiary/aromatic N) is 1. The SMILES string of the molecule is NS(=O)(=O)c1cc(C(=O)N2CCC(C(=O)O)(c3ccccc3)CC2)cs1. The number of amides is 1. The van der Waals surface area contributed by atoms with Crippen molar-refractivity contribution in [1.82, 2.24) is 4.90 Å². The molecule has 3 rings (SSSR count). The van der Waals surface area contributed by atoms with E-state index in [2.05, 4.69) is 0 Å². The van der Waals surface area contributed by atoms with Gasteiger partial charge in [0.2, 0.25) is 10.0 Å². The van der Waals surface area contributed by atoms with Crippen molar-refractivity contribution in [3.63, 3.8) is 0 Å². The lowest BCUT2D eigenvalue weighted by Crippen LogP contribution is -2.49. The topological polar surface area (TPSA) is 118 Å². The van der Waals surface area contributed by atoms with E-state index in [4.69, 9.17) is 5.14 Å². The summed E-state index contributed by atoms with van der Waals surface area (Å²) >= 11 is 0.896. The van der Waals surface area contributed by atoms with E-state index in [1.54, 1.807) is 29.2 Å². The number of benzene rings is 1. The maximum absolute atomic E-state index is 12.6. The molecule has 1 aliphatic heterocycles. The molecule has 9 heteroatoms. The minimum absolute atomic E-state index is 0.0676. The molecule has 0 unspecified atom stereocenters. The number of carboxylic acids is 1. The minimum Gasteiger partial charge on any atom is -0.481 e. The predicted molar refractivity (Wildman–Crippen MR) is 96.6 cm³/mol. The highest BCUT2D eigenvalue weighted by Gasteiger charge is 2.44. The molecule has 3 N–H and O–H groups in total. The first kappa shape index (κ1) is 18.6. The molecule has 1 amide bonds. The lowest BCUT2D eigenvalue weighted by molar-refractivity contribution is -0.145. The monoisotopic (exact) mass is 394 g/mol. The van der Waals surface area contributed by atoms with Gasteiger partial charge in [-0.3, -0.25) is 9.59 Å². The minimum atomic E-state index is -3.84. The van der Waals surface area contributed by atoms with Crippen LogP contribution in [0.4, 0.5) is 0 Å². The van der Waals surface area contributed by atoms with Crippen molar-refractivity contribution in [2.45, 2.75) is 22.5 Å². The summed E-state index contributed by atoms with van der Waals surface area (Å²) in [7, 11) is -3.84. The van der Waals surface area contributed by atoms with Gasteiger partial charge in [0.25, 0.3) is 5.91 Å². The molecular weight excluding hydrogens is 376 g/mol. The molecule has 0 aliphatic carbocycles. The summed E-state index contributed by atoms with van der Waals surface area (Å²) in [6.45, 7) is 0.557. The van der Waals surface area contributed by atoms with E-state index in [-0.39, 0.29) is 28.8 Å². The number of hydrogen-bond acceptors (Lipinski definition) is 5. The largest absolute Gasteiger partial charge is 0.481 e. The Hall–Kier alpha value is -2.23. The standard InChI is InChI=1S/C17H18N2O5S2/c18-26(23,24)14-10-12(11-25-14)15(20)19-8-6-17(7-9-19,16(21)22)13-4-2-1-3-5-13/h1-5,10-11H,6-9H2,(H,21,22)(H2,18,23,24). The van der Waals surface area contributed by atoms with Crippen molar-refractivity contribution in [1.29, 1.82) is 0 Å². The normalized spacial score (nSPS) is 17.0. The van der Waals surface area contributed by atoms with Crippen molar-refractivity contribution in [3.8, 4) is 0 Å². The molecule has 26 heavy (non-hydrogen) atoms. The summed E-state index contributed by atoms with van der Waals surface area (Å²) < 4.78 is 22.7. The number of rotatable bonds is 4. The predicted octanol–water partition coefficient (Wildman–Crippen LogP) is 1.65. The molecule has 0 saturated carbocycles. The van der Waals surface area contributed by atoms with E-state index >= 15 is 0 Å². The lowest BCUT2D eigenvalue weighted by Gasteiger charge is -2.39. The molecule has 0 spiro atoms. The number of carboxylic acid groups (broad SMARTS) is 1. The number of piperidine rings is 1. The zero-order valence-corrected chi connectivity index (χ0v) is 15.4. The van der Waals surface area contributed by atoms with Crippen molar-refractivity contribution in [3.05, 3.63) is 52.9 Å². The first-order chi connectivity index (χ1) is 12.2. The quantitative estimate of drug-likeness (QED) is 0.818. The molecule has 2 heterocycles. The second kappa shape index (κ2) is 6.82. The molecule has 1 aromatic carbocycles. The van der Waals surface area contributed by atoms with Gasteiger partial charge in [-0.2, -0.15) is 0 Å². The number of likely N-dealkylation sites (tertiary alicyclic amines) is 1. The summed E-state index contributed by atoms with van der Waals surface area (Å²) in [6.07, 6.45) is 0.592. The van der Waals surface area contributed by atoms with Gasteiger partial charge < -0.3 is 10.0 Å². The fraction of sp³-hybridized carbons (Fsp3) is 0.294. The molecule has 1 fully saturated rings. The fourth-order valence-corrected chi connectivity index (χ4v) is 4.81. The average molecular weight is 394 g/mol. The molecule has 0 radical (unpaired) electrons. The van der Waals surface area contributed by atoms with Crippen molar-refractivity contribution >= 4 is 33.2 Å². The van der Waals surface area contributed by atoms with Crippen molar-refractivity contribution in [2.75, 3.05) is 13.1 Å². The van der Waals surface area contributed by atoms with Crippen LogP contribution >= 0.6 is 11.3 Å². The van der Waals surface area contributed by atoms with Crippen LogP contribution < -0.4 is 5.14 Å². The number of carbonyl (C=O) groups is 2. The van der Waals surface area contributed by atoms with Crippen LogP contribution in [0.3, 0.4) is 0 Å². The number of hydrogen-bond donors (Lipinski definition) is 2. The van der Waals surface area contributed by atoms with Gasteiger partial charge in [-0.1, -0.05) is 30.3 Å². The van der Waals surface area contributed by atoms with E-state index in [0.717, 1.165) is 16.9 Å². The fourth-order valence-electron chi connectivity index (χ4n) is 3.24. The molecule has 1 aliphatic rings. The van der Waals surface area contributed by atoms with E-state index < -0.39 is 21.4 Å². The highest BCUT2D eigenvalue weighted by atomic mass is 32.2. The number of thiophene rings is 1. The second-order valence-electron chi connectivity index (χ2n) is 6.24. The second-order valence-corrected chi connectivity index (χ2v) is 8.94. The van der Waals surface area contributed by atoms with Crippen LogP contribution in [0.25, 0.3) is 0 Å². The first-order valence-electron chi connectivity index (χ1n) is 7.93. The number of nitrogens with two attached hydrogens (primary N) is 1. The van der Waals surface area contributed by atoms with Crippen molar-refractivity contribution < 1.29 is 23.1 Å². The van der Waals surface area contributed by atoms with E-state index in [1.165, 1.54) is 11.4 Å². The Morgan fingerprint density at radius 2 is 1.77 bits per heavy atom. The Balaban J connectivity index is 1.78. The van der Waals surface area contributed by atoms with E-state index in [0.29, 0.717) is 12.8 Å². The van der Waals surface area contributed by atoms with Crippen LogP contribution in [0.1, 0.15) is 28.8 Å². The van der Waals surface area contributed by atoms with Gasteiger partial charge in [0.05, 0.1) is 11.0 Å². The summed E-state index contributed by atoms with van der Waals surface area (Å²) in [5, 5.41) is 16.3. The third-order valence-corrected chi connectivity index (χ3v) is 7.13. The van der Waals surface area contributed by atoms with Gasteiger partial charge in [-0.15, -0.1) is 11.3 Å². The molecule has 7 nitrogen and oxygen atoms in total. The molecular formula is C17H18N2O5S2. The van der Waals surface area contributed by atoms with Gasteiger partial charge in [0.15, 0.2) is 0 Å². The van der Waals surface area contributed by atoms with Crippen LogP contribution in [0, 0.1) is 0 Å². The Morgan fingerprint density at radius 3 is 2.27 bits per heavy atom. The van der Waals surface area contributed by atoms with Gasteiger partial charge in [0, 0.05) is 18.5 Å². The summed E-state index contributed by atoms with van der Waals surface area (Å²) in [4.78, 5) is 26.1. The van der Waals surface area contributed by atoms with Crippen molar-refractivity contribution in [2.24, 2.45) is 5.14 Å². The Bertz CT molecular complexity index is 929. The summed E-state index contributed by atoms with van der Waals surface area (Å²) in [6, 6.07) is 10.3. The molecule has 0 bridgehead atoms. The van der Waals surface area contributed by atoms with Crippen LogP contribution in [0.15, 0.2) is 46.0 Å². The van der Waals surface area contributed by atoms with Gasteiger partial charge in [-0.25, -0.2) is 13.6 Å². The Labute approximate surface area is 155 Å². The molecule has 2 aromatic rings. The molecule has 0 atom stereocenters.